The molecule has 13 heteroatoms. The zero-order valence-electron chi connectivity index (χ0n) is 25.0. The van der Waals surface area contributed by atoms with Gasteiger partial charge in [0.05, 0.1) is 5.75 Å². The predicted molar refractivity (Wildman–Crippen MR) is 172 cm³/mol. The molecule has 0 bridgehead atoms. The number of fused-ring (bicyclic) bond motifs is 1. The first kappa shape index (κ1) is 34.4. The molecule has 1 fully saturated rings. The van der Waals surface area contributed by atoms with Gasteiger partial charge in [-0.15, -0.1) is 11.6 Å². The fourth-order valence-corrected chi connectivity index (χ4v) is 6.47. The van der Waals surface area contributed by atoms with Crippen LogP contribution in [0.4, 0.5) is 5.69 Å². The molecule has 0 saturated carbocycles. The highest BCUT2D eigenvalue weighted by molar-refractivity contribution is 7.85. The number of alkyl halides is 1. The molecule has 1 saturated heterocycles. The average molecular weight is 651 g/mol. The summed E-state index contributed by atoms with van der Waals surface area (Å²) in [6, 6.07) is 8.07. The number of allylic oxidation sites excluding steroid dienone is 5. The Hall–Kier alpha value is -3.06. The van der Waals surface area contributed by atoms with Crippen molar-refractivity contribution in [3.63, 3.8) is 0 Å². The van der Waals surface area contributed by atoms with Crippen LogP contribution in [-0.2, 0) is 29.9 Å². The van der Waals surface area contributed by atoms with Gasteiger partial charge in [0, 0.05) is 49.5 Å². The zero-order chi connectivity index (χ0) is 31.9. The van der Waals surface area contributed by atoms with Gasteiger partial charge in [-0.05, 0) is 62.7 Å². The molecule has 2 aliphatic rings. The molecular weight excluding hydrogens is 612 g/mol. The first-order chi connectivity index (χ1) is 20.3. The number of carbonyl (C=O) groups excluding carboxylic acids is 3. The van der Waals surface area contributed by atoms with Gasteiger partial charge in [-0.3, -0.25) is 28.7 Å². The molecule has 1 aromatic rings. The minimum absolute atomic E-state index is 0.0517. The summed E-state index contributed by atoms with van der Waals surface area (Å²) in [7, 11) is -4.12. The lowest BCUT2D eigenvalue weighted by molar-refractivity contribution is -0.133. The second-order valence-electron chi connectivity index (χ2n) is 10.7. The second-order valence-corrected chi connectivity index (χ2v) is 12.9. The Kier molecular flexibility index (Phi) is 11.7. The number of likely N-dealkylation sites (N-methyl/N-ethyl adjacent to an activating group) is 2. The van der Waals surface area contributed by atoms with Gasteiger partial charge in [-0.25, -0.2) is 0 Å². The molecule has 1 N–H and O–H groups in total. The van der Waals surface area contributed by atoms with Crippen LogP contribution in [0.3, 0.4) is 0 Å². The SMILES string of the molecule is CCN1C(=O)C(=C/C=C/C=C2/N(CCCN(CCCS(=O)(=O)O)C(=O)CCl)c3ccccc3C2(C)C)C(=O)N(CC)C1=S. The lowest BCUT2D eigenvalue weighted by atomic mass is 9.84. The Balaban J connectivity index is 1.83. The number of hydrogen-bond donors (Lipinski definition) is 1. The molecule has 0 radical (unpaired) electrons. The number of rotatable bonds is 13. The number of halogens is 1. The Labute approximate surface area is 264 Å². The van der Waals surface area contributed by atoms with E-state index >= 15 is 0 Å². The van der Waals surface area contributed by atoms with Gasteiger partial charge in [-0.1, -0.05) is 44.2 Å². The average Bonchev–Trinajstić information content (AvgIpc) is 3.16. The highest BCUT2D eigenvalue weighted by Gasteiger charge is 2.40. The van der Waals surface area contributed by atoms with Crippen molar-refractivity contribution in [3.05, 3.63) is 65.4 Å². The standard InChI is InChI=1S/C30H39ClN4O6S2/c1-5-33-27(37)22(28(38)34(6-2)29(33)42)13-7-10-16-25-30(3,4)23-14-8-9-15-24(23)35(25)19-11-17-32(26(36)21-31)18-12-20-43(39,40)41/h7-10,13-16H,5-6,11-12,17-21H2,1-4H3,(H,39,40,41)/b10-7+,25-16+. The van der Waals surface area contributed by atoms with Gasteiger partial charge in [0.15, 0.2) is 5.11 Å². The molecule has 2 aliphatic heterocycles. The van der Waals surface area contributed by atoms with Crippen molar-refractivity contribution in [1.82, 2.24) is 14.7 Å². The third kappa shape index (κ3) is 7.91. The van der Waals surface area contributed by atoms with Crippen molar-refractivity contribution >= 4 is 62.5 Å². The third-order valence-electron chi connectivity index (χ3n) is 7.58. The summed E-state index contributed by atoms with van der Waals surface area (Å²) in [5, 5.41) is 0.217. The van der Waals surface area contributed by atoms with Crippen LogP contribution in [0.5, 0.6) is 0 Å². The van der Waals surface area contributed by atoms with E-state index in [9.17, 15) is 22.8 Å². The number of benzene rings is 1. The maximum absolute atomic E-state index is 12.9. The van der Waals surface area contributed by atoms with Gasteiger partial charge >= 0.3 is 0 Å². The summed E-state index contributed by atoms with van der Waals surface area (Å²) < 4.78 is 31.3. The summed E-state index contributed by atoms with van der Waals surface area (Å²) in [5.74, 6) is -1.79. The summed E-state index contributed by atoms with van der Waals surface area (Å²) in [6.07, 6.45) is 7.66. The molecule has 43 heavy (non-hydrogen) atoms. The Morgan fingerprint density at radius 1 is 1.00 bits per heavy atom. The van der Waals surface area contributed by atoms with Crippen molar-refractivity contribution in [2.45, 2.75) is 46.0 Å². The van der Waals surface area contributed by atoms with Gasteiger partial charge < -0.3 is 9.80 Å². The van der Waals surface area contributed by atoms with Crippen molar-refractivity contribution in [3.8, 4) is 0 Å². The van der Waals surface area contributed by atoms with Crippen LogP contribution in [0.1, 0.15) is 46.1 Å². The lowest BCUT2D eigenvalue weighted by Gasteiger charge is -2.35. The third-order valence-corrected chi connectivity index (χ3v) is 9.05. The quantitative estimate of drug-likeness (QED) is 0.112. The van der Waals surface area contributed by atoms with E-state index in [4.69, 9.17) is 28.4 Å². The second kappa shape index (κ2) is 14.6. The first-order valence-electron chi connectivity index (χ1n) is 14.2. The first-order valence-corrected chi connectivity index (χ1v) is 16.8. The van der Waals surface area contributed by atoms with Crippen molar-refractivity contribution < 1.29 is 27.4 Å². The maximum atomic E-state index is 12.9. The fraction of sp³-hybridized carbons (Fsp3) is 0.467. The van der Waals surface area contributed by atoms with E-state index in [2.05, 4.69) is 24.8 Å². The lowest BCUT2D eigenvalue weighted by Crippen LogP contribution is -2.55. The van der Waals surface area contributed by atoms with E-state index in [1.807, 2.05) is 44.2 Å². The molecule has 10 nitrogen and oxygen atoms in total. The summed E-state index contributed by atoms with van der Waals surface area (Å²) in [4.78, 5) is 44.8. The van der Waals surface area contributed by atoms with Gasteiger partial charge in [-0.2, -0.15) is 8.42 Å². The topological polar surface area (TPSA) is 119 Å². The molecular formula is C30H39ClN4O6S2. The van der Waals surface area contributed by atoms with E-state index < -0.39 is 27.7 Å². The van der Waals surface area contributed by atoms with E-state index in [-0.39, 0.29) is 40.9 Å². The Morgan fingerprint density at radius 3 is 2.16 bits per heavy atom. The summed E-state index contributed by atoms with van der Waals surface area (Å²) in [6.45, 7) is 9.68. The minimum Gasteiger partial charge on any atom is -0.344 e. The fourth-order valence-electron chi connectivity index (χ4n) is 5.39. The Morgan fingerprint density at radius 2 is 1.58 bits per heavy atom. The normalized spacial score (nSPS) is 17.8. The van der Waals surface area contributed by atoms with E-state index in [1.165, 1.54) is 20.8 Å². The largest absolute Gasteiger partial charge is 0.344 e. The molecule has 3 rings (SSSR count). The van der Waals surface area contributed by atoms with Gasteiger partial charge in [0.1, 0.15) is 11.5 Å². The van der Waals surface area contributed by atoms with Crippen LogP contribution >= 0.6 is 23.8 Å². The monoisotopic (exact) mass is 650 g/mol. The van der Waals surface area contributed by atoms with Crippen LogP contribution in [0.2, 0.25) is 0 Å². The van der Waals surface area contributed by atoms with Crippen molar-refractivity contribution in [2.24, 2.45) is 0 Å². The van der Waals surface area contributed by atoms with Gasteiger partial charge in [0.25, 0.3) is 21.9 Å². The number of amides is 3. The van der Waals surface area contributed by atoms with E-state index in [0.29, 0.717) is 32.6 Å². The number of hydrogen-bond acceptors (Lipinski definition) is 7. The van der Waals surface area contributed by atoms with E-state index in [0.717, 1.165) is 16.9 Å². The molecule has 2 heterocycles. The number of anilines is 1. The highest BCUT2D eigenvalue weighted by atomic mass is 35.5. The summed E-state index contributed by atoms with van der Waals surface area (Å²) in [5.41, 5.74) is 2.87. The highest BCUT2D eigenvalue weighted by Crippen LogP contribution is 2.47. The van der Waals surface area contributed by atoms with Crippen LogP contribution in [0, 0.1) is 0 Å². The molecule has 1 aromatic carbocycles. The molecule has 0 aliphatic carbocycles. The Bertz CT molecular complexity index is 1430. The van der Waals surface area contributed by atoms with Crippen molar-refractivity contribution in [1.29, 1.82) is 0 Å². The smallest absolute Gasteiger partial charge is 0.265 e. The predicted octanol–water partition coefficient (Wildman–Crippen LogP) is 3.88. The zero-order valence-corrected chi connectivity index (χ0v) is 27.3. The molecule has 0 aromatic heterocycles. The maximum Gasteiger partial charge on any atom is 0.265 e. The van der Waals surface area contributed by atoms with Crippen LogP contribution in [0.25, 0.3) is 0 Å². The number of carbonyl (C=O) groups is 3. The minimum atomic E-state index is -4.12. The summed E-state index contributed by atoms with van der Waals surface area (Å²) >= 11 is 11.1. The number of nitrogens with zero attached hydrogens (tertiary/aromatic N) is 4. The number of thiocarbonyl (C=S) groups is 1. The molecule has 0 atom stereocenters. The van der Waals surface area contributed by atoms with Crippen LogP contribution < -0.4 is 4.90 Å². The van der Waals surface area contributed by atoms with Gasteiger partial charge in [0.2, 0.25) is 5.91 Å². The molecule has 0 spiro atoms. The molecule has 3 amide bonds. The van der Waals surface area contributed by atoms with E-state index in [1.54, 1.807) is 6.08 Å². The number of para-hydroxylation sites is 1. The van der Waals surface area contributed by atoms with Crippen LogP contribution in [-0.4, -0.2) is 94.9 Å². The van der Waals surface area contributed by atoms with Crippen LogP contribution in [0.15, 0.2) is 59.8 Å². The molecule has 0 unspecified atom stereocenters. The van der Waals surface area contributed by atoms with Crippen molar-refractivity contribution in [2.75, 3.05) is 49.3 Å². The molecule has 234 valence electrons.